The molecular formula is C7H4F2IN3O3. The van der Waals surface area contributed by atoms with Crippen molar-refractivity contribution in [2.75, 3.05) is 0 Å². The Hall–Kier alpha value is -1.39. The summed E-state index contributed by atoms with van der Waals surface area (Å²) >= 11 is 1.51. The van der Waals surface area contributed by atoms with Crippen molar-refractivity contribution in [1.82, 2.24) is 4.98 Å². The Bertz CT molecular complexity index is 466. The quantitative estimate of drug-likeness (QED) is 0.390. The number of carbonyl (C=O) groups excluding carboxylic acids is 1. The maximum Gasteiger partial charge on any atom is 0.373 e. The van der Waals surface area contributed by atoms with Crippen LogP contribution in [0.3, 0.4) is 0 Å². The maximum absolute atomic E-state index is 12.5. The molecule has 0 atom stereocenters. The van der Waals surface area contributed by atoms with Gasteiger partial charge in [-0.25, -0.2) is 8.78 Å². The zero-order chi connectivity index (χ0) is 12.5. The molecule has 1 rings (SSSR count). The van der Waals surface area contributed by atoms with E-state index in [1.165, 1.54) is 22.6 Å². The lowest BCUT2D eigenvalue weighted by atomic mass is 10.2. The molecule has 0 aliphatic carbocycles. The lowest BCUT2D eigenvalue weighted by Crippen LogP contribution is -2.15. The molecule has 86 valence electrons. The van der Waals surface area contributed by atoms with E-state index in [2.05, 4.69) is 4.98 Å². The second-order valence-electron chi connectivity index (χ2n) is 2.66. The SMILES string of the molecule is NC(=O)c1cc(C(F)F)c([N+](=O)[O-])nc1I. The summed E-state index contributed by atoms with van der Waals surface area (Å²) in [5, 5.41) is 10.4. The number of rotatable bonds is 3. The number of hydrogen-bond donors (Lipinski definition) is 1. The predicted molar refractivity (Wildman–Crippen MR) is 57.1 cm³/mol. The molecule has 0 aliphatic heterocycles. The Balaban J connectivity index is 3.49. The normalized spacial score (nSPS) is 10.5. The number of nitrogens with zero attached hydrogens (tertiary/aromatic N) is 2. The van der Waals surface area contributed by atoms with E-state index >= 15 is 0 Å². The van der Waals surface area contributed by atoms with Crippen LogP contribution in [0.5, 0.6) is 0 Å². The number of halogens is 3. The van der Waals surface area contributed by atoms with Gasteiger partial charge >= 0.3 is 5.82 Å². The van der Waals surface area contributed by atoms with E-state index in [4.69, 9.17) is 5.73 Å². The van der Waals surface area contributed by atoms with Crippen LogP contribution in [-0.4, -0.2) is 15.8 Å². The number of hydrogen-bond acceptors (Lipinski definition) is 4. The van der Waals surface area contributed by atoms with Crippen LogP contribution in [0.1, 0.15) is 22.3 Å². The van der Waals surface area contributed by atoms with Crippen LogP contribution in [0.25, 0.3) is 0 Å². The van der Waals surface area contributed by atoms with Crippen LogP contribution in [0.15, 0.2) is 6.07 Å². The van der Waals surface area contributed by atoms with Gasteiger partial charge in [-0.3, -0.25) is 4.79 Å². The van der Waals surface area contributed by atoms with Gasteiger partial charge in [0.1, 0.15) is 5.56 Å². The van der Waals surface area contributed by atoms with Gasteiger partial charge in [-0.05, 0) is 16.0 Å². The molecule has 0 unspecified atom stereocenters. The van der Waals surface area contributed by atoms with Gasteiger partial charge in [0.2, 0.25) is 3.70 Å². The average molecular weight is 343 g/mol. The number of pyridine rings is 1. The van der Waals surface area contributed by atoms with E-state index in [-0.39, 0.29) is 9.26 Å². The zero-order valence-electron chi connectivity index (χ0n) is 7.49. The molecule has 0 bridgehead atoms. The van der Waals surface area contributed by atoms with Gasteiger partial charge in [-0.1, -0.05) is 0 Å². The van der Waals surface area contributed by atoms with Gasteiger partial charge in [0, 0.05) is 22.6 Å². The molecule has 1 aromatic rings. The first kappa shape index (κ1) is 12.7. The summed E-state index contributed by atoms with van der Waals surface area (Å²) in [6.07, 6.45) is -3.09. The summed E-state index contributed by atoms with van der Waals surface area (Å²) in [6.45, 7) is 0. The highest BCUT2D eigenvalue weighted by atomic mass is 127. The molecule has 0 aliphatic rings. The molecule has 9 heteroatoms. The Morgan fingerprint density at radius 2 is 2.19 bits per heavy atom. The summed E-state index contributed by atoms with van der Waals surface area (Å²) in [6, 6.07) is 0.694. The van der Waals surface area contributed by atoms with Crippen molar-refractivity contribution >= 4 is 34.3 Å². The number of aromatic nitrogens is 1. The number of nitrogens with two attached hydrogens (primary N) is 1. The van der Waals surface area contributed by atoms with E-state index in [1.807, 2.05) is 0 Å². The first-order valence-corrected chi connectivity index (χ1v) is 4.85. The third-order valence-electron chi connectivity index (χ3n) is 1.66. The minimum atomic E-state index is -3.09. The molecule has 2 N–H and O–H groups in total. The Morgan fingerprint density at radius 3 is 2.56 bits per heavy atom. The second kappa shape index (κ2) is 4.63. The van der Waals surface area contributed by atoms with Gasteiger partial charge in [0.15, 0.2) is 0 Å². The number of nitro groups is 1. The maximum atomic E-state index is 12.5. The van der Waals surface area contributed by atoms with Gasteiger partial charge in [0.25, 0.3) is 12.3 Å². The van der Waals surface area contributed by atoms with Crippen molar-refractivity contribution in [2.24, 2.45) is 5.73 Å². The largest absolute Gasteiger partial charge is 0.373 e. The number of carbonyl (C=O) groups is 1. The first-order chi connectivity index (χ1) is 7.34. The fourth-order valence-electron chi connectivity index (χ4n) is 0.977. The molecule has 0 saturated heterocycles. The molecule has 6 nitrogen and oxygen atoms in total. The highest BCUT2D eigenvalue weighted by Crippen LogP contribution is 2.29. The van der Waals surface area contributed by atoms with Crippen molar-refractivity contribution in [3.63, 3.8) is 0 Å². The predicted octanol–water partition coefficient (Wildman–Crippen LogP) is 1.63. The van der Waals surface area contributed by atoms with E-state index in [9.17, 15) is 23.7 Å². The standard InChI is InChI=1S/C7H4F2IN3O3/c8-4(9)2-1-3(6(11)14)5(10)12-7(2)13(15)16/h1,4H,(H2,11,14). The van der Waals surface area contributed by atoms with Crippen molar-refractivity contribution in [1.29, 1.82) is 0 Å². The second-order valence-corrected chi connectivity index (χ2v) is 3.68. The minimum absolute atomic E-state index is 0.0822. The van der Waals surface area contributed by atoms with Crippen LogP contribution < -0.4 is 5.73 Å². The average Bonchev–Trinajstić information content (AvgIpc) is 2.15. The Kier molecular flexibility index (Phi) is 3.67. The Labute approximate surface area is 101 Å². The summed E-state index contributed by atoms with van der Waals surface area (Å²) in [7, 11) is 0. The van der Waals surface area contributed by atoms with Crippen molar-refractivity contribution in [3.05, 3.63) is 31.0 Å². The van der Waals surface area contributed by atoms with E-state index in [1.54, 1.807) is 0 Å². The van der Waals surface area contributed by atoms with Crippen LogP contribution >= 0.6 is 22.6 Å². The monoisotopic (exact) mass is 343 g/mol. The highest BCUT2D eigenvalue weighted by molar-refractivity contribution is 14.1. The molecule has 1 amide bonds. The van der Waals surface area contributed by atoms with Gasteiger partial charge in [-0.2, -0.15) is 0 Å². The molecule has 0 aromatic carbocycles. The first-order valence-electron chi connectivity index (χ1n) is 3.77. The summed E-state index contributed by atoms with van der Waals surface area (Å²) in [5.74, 6) is -1.93. The van der Waals surface area contributed by atoms with Crippen LogP contribution in [-0.2, 0) is 0 Å². The summed E-state index contributed by atoms with van der Waals surface area (Å²) in [5.41, 5.74) is 3.73. The topological polar surface area (TPSA) is 99.1 Å². The van der Waals surface area contributed by atoms with Crippen molar-refractivity contribution < 1.29 is 18.5 Å². The number of alkyl halides is 2. The zero-order valence-corrected chi connectivity index (χ0v) is 9.64. The van der Waals surface area contributed by atoms with Crippen LogP contribution in [0, 0.1) is 13.8 Å². The summed E-state index contributed by atoms with van der Waals surface area (Å²) in [4.78, 5) is 23.6. The number of primary amides is 1. The molecule has 0 saturated carbocycles. The smallest absolute Gasteiger partial charge is 0.365 e. The molecule has 1 aromatic heterocycles. The Morgan fingerprint density at radius 1 is 1.62 bits per heavy atom. The fraction of sp³-hybridized carbons (Fsp3) is 0.143. The third kappa shape index (κ3) is 2.40. The molecular weight excluding hydrogens is 339 g/mol. The third-order valence-corrected chi connectivity index (χ3v) is 2.48. The fourth-order valence-corrected chi connectivity index (χ4v) is 1.63. The minimum Gasteiger partial charge on any atom is -0.365 e. The highest BCUT2D eigenvalue weighted by Gasteiger charge is 2.27. The van der Waals surface area contributed by atoms with Gasteiger partial charge in [0.05, 0.1) is 5.56 Å². The van der Waals surface area contributed by atoms with E-state index < -0.39 is 28.6 Å². The van der Waals surface area contributed by atoms with E-state index in [0.29, 0.717) is 6.07 Å². The molecule has 16 heavy (non-hydrogen) atoms. The number of amides is 1. The van der Waals surface area contributed by atoms with E-state index in [0.717, 1.165) is 0 Å². The molecule has 1 heterocycles. The van der Waals surface area contributed by atoms with Crippen LogP contribution in [0.4, 0.5) is 14.6 Å². The molecule has 0 radical (unpaired) electrons. The van der Waals surface area contributed by atoms with Gasteiger partial charge < -0.3 is 15.8 Å². The molecule has 0 fully saturated rings. The van der Waals surface area contributed by atoms with Gasteiger partial charge in [-0.15, -0.1) is 0 Å². The lowest BCUT2D eigenvalue weighted by molar-refractivity contribution is -0.391. The van der Waals surface area contributed by atoms with Crippen molar-refractivity contribution in [3.8, 4) is 0 Å². The summed E-state index contributed by atoms with van der Waals surface area (Å²) < 4.78 is 24.8. The lowest BCUT2D eigenvalue weighted by Gasteiger charge is -2.03. The van der Waals surface area contributed by atoms with Crippen LogP contribution in [0.2, 0.25) is 0 Å². The molecule has 0 spiro atoms. The van der Waals surface area contributed by atoms with Crippen molar-refractivity contribution in [2.45, 2.75) is 6.43 Å².